The Morgan fingerprint density at radius 3 is 2.64 bits per heavy atom. The van der Waals surface area contributed by atoms with E-state index in [-0.39, 0.29) is 6.61 Å². The molecule has 3 rings (SSSR count). The number of nitrogens with one attached hydrogen (secondary N) is 1. The molecule has 1 unspecified atom stereocenters. The van der Waals surface area contributed by atoms with Crippen LogP contribution in [0, 0.1) is 0 Å². The molecule has 0 spiro atoms. The number of benzene rings is 2. The molecule has 1 heterocycles. The van der Waals surface area contributed by atoms with Gasteiger partial charge in [0, 0.05) is 41.8 Å². The van der Waals surface area contributed by atoms with Crippen molar-refractivity contribution in [3.8, 4) is 0 Å². The summed E-state index contributed by atoms with van der Waals surface area (Å²) in [6.45, 7) is 4.38. The van der Waals surface area contributed by atoms with E-state index in [1.165, 1.54) is 0 Å². The first-order valence-electron chi connectivity index (χ1n) is 8.38. The molecule has 0 saturated carbocycles. The van der Waals surface area contributed by atoms with Crippen LogP contribution in [0.2, 0.25) is 0 Å². The summed E-state index contributed by atoms with van der Waals surface area (Å²) < 4.78 is 0. The number of allylic oxidation sites excluding steroid dienone is 1. The lowest BCUT2D eigenvalue weighted by Gasteiger charge is -2.24. The van der Waals surface area contributed by atoms with Crippen LogP contribution in [0.25, 0.3) is 5.57 Å². The maximum atomic E-state index is 11.1. The molecule has 0 aliphatic carbocycles. The highest BCUT2D eigenvalue weighted by molar-refractivity contribution is 5.84. The first-order valence-corrected chi connectivity index (χ1v) is 8.38. The van der Waals surface area contributed by atoms with E-state index in [1.807, 2.05) is 61.3 Å². The minimum Gasteiger partial charge on any atom is -0.398 e. The standard InChI is InChI=1S/C20H25N3O2/c1-13(15-12-14(8-9-17(15)21)23(3)10-11-24)19-20(2,25)16-6-4-5-7-18(16)22-19/h4-9,12,22,24-25H,10-11,21H2,1-3H3/b19-13+. The molecule has 1 aliphatic heterocycles. The van der Waals surface area contributed by atoms with Crippen molar-refractivity contribution in [1.29, 1.82) is 0 Å². The van der Waals surface area contributed by atoms with Crippen LogP contribution in [-0.2, 0) is 5.60 Å². The summed E-state index contributed by atoms with van der Waals surface area (Å²) in [5, 5.41) is 23.6. The molecular weight excluding hydrogens is 314 g/mol. The van der Waals surface area contributed by atoms with E-state index in [0.717, 1.165) is 33.8 Å². The van der Waals surface area contributed by atoms with Gasteiger partial charge in [0.25, 0.3) is 0 Å². The van der Waals surface area contributed by atoms with Crippen LogP contribution >= 0.6 is 0 Å². The molecule has 0 amide bonds. The molecule has 1 aliphatic rings. The number of rotatable bonds is 4. The monoisotopic (exact) mass is 339 g/mol. The molecule has 2 aromatic carbocycles. The Morgan fingerprint density at radius 2 is 1.96 bits per heavy atom. The molecule has 0 saturated heterocycles. The van der Waals surface area contributed by atoms with E-state index in [2.05, 4.69) is 5.32 Å². The number of para-hydroxylation sites is 1. The van der Waals surface area contributed by atoms with Crippen molar-refractivity contribution in [1.82, 2.24) is 0 Å². The van der Waals surface area contributed by atoms with Gasteiger partial charge < -0.3 is 26.2 Å². The number of fused-ring (bicyclic) bond motifs is 1. The van der Waals surface area contributed by atoms with Crippen LogP contribution in [-0.4, -0.2) is 30.4 Å². The third-order valence-corrected chi connectivity index (χ3v) is 4.89. The van der Waals surface area contributed by atoms with E-state index >= 15 is 0 Å². The van der Waals surface area contributed by atoms with E-state index in [0.29, 0.717) is 12.2 Å². The molecule has 0 fully saturated rings. The van der Waals surface area contributed by atoms with Gasteiger partial charge in [-0.2, -0.15) is 0 Å². The highest BCUT2D eigenvalue weighted by Crippen LogP contribution is 2.45. The third kappa shape index (κ3) is 2.97. The highest BCUT2D eigenvalue weighted by Gasteiger charge is 2.38. The Kier molecular flexibility index (Phi) is 4.45. The number of nitrogens with zero attached hydrogens (tertiary/aromatic N) is 1. The van der Waals surface area contributed by atoms with Gasteiger partial charge >= 0.3 is 0 Å². The minimum atomic E-state index is -1.10. The summed E-state index contributed by atoms with van der Waals surface area (Å²) in [5.41, 5.74) is 11.0. The first-order chi connectivity index (χ1) is 11.9. The van der Waals surface area contributed by atoms with Crippen molar-refractivity contribution in [2.45, 2.75) is 19.4 Å². The number of anilines is 3. The predicted octanol–water partition coefficient (Wildman–Crippen LogP) is 2.76. The molecule has 1 atom stereocenters. The fraction of sp³-hybridized carbons (Fsp3) is 0.300. The molecule has 5 heteroatoms. The van der Waals surface area contributed by atoms with Gasteiger partial charge in [0.2, 0.25) is 0 Å². The second-order valence-electron chi connectivity index (χ2n) is 6.66. The van der Waals surface area contributed by atoms with Crippen molar-refractivity contribution in [2.75, 3.05) is 36.1 Å². The Labute approximate surface area is 148 Å². The van der Waals surface area contributed by atoms with Crippen molar-refractivity contribution in [3.05, 3.63) is 59.3 Å². The Balaban J connectivity index is 2.08. The molecule has 25 heavy (non-hydrogen) atoms. The molecule has 0 aromatic heterocycles. The smallest absolute Gasteiger partial charge is 0.129 e. The quantitative estimate of drug-likeness (QED) is 0.644. The van der Waals surface area contributed by atoms with E-state index in [1.54, 1.807) is 6.92 Å². The zero-order valence-corrected chi connectivity index (χ0v) is 14.9. The van der Waals surface area contributed by atoms with E-state index < -0.39 is 5.60 Å². The van der Waals surface area contributed by atoms with Gasteiger partial charge in [-0.05, 0) is 43.7 Å². The summed E-state index contributed by atoms with van der Waals surface area (Å²) in [4.78, 5) is 1.97. The number of hydrogen-bond donors (Lipinski definition) is 4. The zero-order valence-electron chi connectivity index (χ0n) is 14.9. The second-order valence-corrected chi connectivity index (χ2v) is 6.66. The predicted molar refractivity (Wildman–Crippen MR) is 103 cm³/mol. The number of nitrogens with two attached hydrogens (primary N) is 1. The lowest BCUT2D eigenvalue weighted by molar-refractivity contribution is 0.106. The summed E-state index contributed by atoms with van der Waals surface area (Å²) in [5.74, 6) is 0. The third-order valence-electron chi connectivity index (χ3n) is 4.89. The van der Waals surface area contributed by atoms with E-state index in [9.17, 15) is 5.11 Å². The fourth-order valence-corrected chi connectivity index (χ4v) is 3.39. The summed E-state index contributed by atoms with van der Waals surface area (Å²) >= 11 is 0. The first kappa shape index (κ1) is 17.3. The number of likely N-dealkylation sites (N-methyl/N-ethyl adjacent to an activating group) is 1. The Bertz CT molecular complexity index is 827. The lowest BCUT2D eigenvalue weighted by Crippen LogP contribution is -2.23. The zero-order chi connectivity index (χ0) is 18.2. The van der Waals surface area contributed by atoms with Gasteiger partial charge in [0.05, 0.1) is 12.3 Å². The molecule has 132 valence electrons. The van der Waals surface area contributed by atoms with Crippen LogP contribution in [0.15, 0.2) is 48.2 Å². The maximum Gasteiger partial charge on any atom is 0.129 e. The van der Waals surface area contributed by atoms with Crippen LogP contribution in [0.3, 0.4) is 0 Å². The van der Waals surface area contributed by atoms with Crippen LogP contribution in [0.5, 0.6) is 0 Å². The lowest BCUT2D eigenvalue weighted by atomic mass is 9.90. The van der Waals surface area contributed by atoms with Gasteiger partial charge in [-0.3, -0.25) is 0 Å². The largest absolute Gasteiger partial charge is 0.398 e. The van der Waals surface area contributed by atoms with E-state index in [4.69, 9.17) is 10.8 Å². The number of aliphatic hydroxyl groups excluding tert-OH is 1. The fourth-order valence-electron chi connectivity index (χ4n) is 3.39. The average molecular weight is 339 g/mol. The van der Waals surface area contributed by atoms with Crippen LogP contribution < -0.4 is 16.0 Å². The summed E-state index contributed by atoms with van der Waals surface area (Å²) in [7, 11) is 1.92. The van der Waals surface area contributed by atoms with Crippen LogP contribution in [0.1, 0.15) is 25.0 Å². The molecule has 5 N–H and O–H groups in total. The second kappa shape index (κ2) is 6.43. The highest BCUT2D eigenvalue weighted by atomic mass is 16.3. The van der Waals surface area contributed by atoms with Crippen LogP contribution in [0.4, 0.5) is 17.1 Å². The van der Waals surface area contributed by atoms with Gasteiger partial charge in [-0.1, -0.05) is 18.2 Å². The summed E-state index contributed by atoms with van der Waals surface area (Å²) in [6.07, 6.45) is 0. The average Bonchev–Trinajstić information content (AvgIpc) is 2.86. The number of hydrogen-bond acceptors (Lipinski definition) is 5. The van der Waals surface area contributed by atoms with Crippen molar-refractivity contribution in [3.63, 3.8) is 0 Å². The van der Waals surface area contributed by atoms with Crippen molar-refractivity contribution < 1.29 is 10.2 Å². The molecule has 2 aromatic rings. The molecule has 0 radical (unpaired) electrons. The SMILES string of the molecule is C/C(=C1\Nc2ccccc2C1(C)O)c1cc(N(C)CCO)ccc1N. The number of nitrogen functional groups attached to an aromatic ring is 1. The molecular formula is C20H25N3O2. The topological polar surface area (TPSA) is 81.8 Å². The minimum absolute atomic E-state index is 0.0852. The number of aliphatic hydroxyl groups is 2. The van der Waals surface area contributed by atoms with Gasteiger partial charge in [0.15, 0.2) is 0 Å². The summed E-state index contributed by atoms with van der Waals surface area (Å²) in [6, 6.07) is 13.5. The Morgan fingerprint density at radius 1 is 1.24 bits per heavy atom. The normalized spacial score (nSPS) is 20.8. The van der Waals surface area contributed by atoms with Crippen molar-refractivity contribution >= 4 is 22.6 Å². The van der Waals surface area contributed by atoms with Crippen molar-refractivity contribution in [2.24, 2.45) is 0 Å². The molecule has 0 bridgehead atoms. The maximum absolute atomic E-state index is 11.1. The molecule has 5 nitrogen and oxygen atoms in total. The van der Waals surface area contributed by atoms with Gasteiger partial charge in [0.1, 0.15) is 5.60 Å². The van der Waals surface area contributed by atoms with Gasteiger partial charge in [-0.15, -0.1) is 0 Å². The van der Waals surface area contributed by atoms with Gasteiger partial charge in [-0.25, -0.2) is 0 Å². The Hall–Kier alpha value is -2.50.